The molecule has 0 bridgehead atoms. The predicted octanol–water partition coefficient (Wildman–Crippen LogP) is 9.53. The van der Waals surface area contributed by atoms with Gasteiger partial charge in [0, 0.05) is 32.3 Å². The Bertz CT molecular complexity index is 3110. The number of hydrogen-bond donors (Lipinski definition) is 4. The van der Waals surface area contributed by atoms with E-state index in [1.165, 1.54) is 22.7 Å². The van der Waals surface area contributed by atoms with Gasteiger partial charge in [0.05, 0.1) is 26.9 Å². The van der Waals surface area contributed by atoms with Crippen LogP contribution in [0.2, 0.25) is 10.0 Å². The Morgan fingerprint density at radius 1 is 0.493 bits per heavy atom. The molecule has 0 aliphatic rings. The minimum absolute atomic E-state index is 0.0457. The van der Waals surface area contributed by atoms with Crippen LogP contribution in [0.4, 0.5) is 0 Å². The predicted molar refractivity (Wildman–Crippen MR) is 267 cm³/mol. The van der Waals surface area contributed by atoms with E-state index in [0.717, 1.165) is 14.9 Å². The van der Waals surface area contributed by atoms with E-state index < -0.39 is 34.8 Å². The molecule has 2 heterocycles. The van der Waals surface area contributed by atoms with Gasteiger partial charge >= 0.3 is 0 Å². The highest BCUT2D eigenvalue weighted by Gasteiger charge is 2.32. The molecule has 0 saturated heterocycles. The number of aromatic nitrogens is 2. The van der Waals surface area contributed by atoms with Crippen LogP contribution in [0.3, 0.4) is 0 Å². The Morgan fingerprint density at radius 2 is 0.884 bits per heavy atom. The van der Waals surface area contributed by atoms with Gasteiger partial charge in [-0.05, 0) is 149 Å². The smallest absolute Gasteiger partial charge is 0.298 e. The summed E-state index contributed by atoms with van der Waals surface area (Å²) in [6.07, 6.45) is 0.0457. The number of para-hydroxylation sites is 2. The van der Waals surface area contributed by atoms with Crippen molar-refractivity contribution in [2.45, 2.75) is 45.3 Å². The van der Waals surface area contributed by atoms with Gasteiger partial charge in [0.1, 0.15) is 16.5 Å². The van der Waals surface area contributed by atoms with E-state index in [4.69, 9.17) is 32.7 Å². The quantitative estimate of drug-likeness (QED) is 0.0638. The molecule has 69 heavy (non-hydrogen) atoms. The number of nitrogens with zero attached hydrogens (tertiary/aromatic N) is 2. The maximum absolute atomic E-state index is 12.6. The Balaban J connectivity index is 0.000000204. The van der Waals surface area contributed by atoms with Gasteiger partial charge in [-0.1, -0.05) is 47.5 Å². The molecule has 4 N–H and O–H groups in total. The molecular formula is C51H42Cl2N6O8S2. The molecule has 0 unspecified atom stereocenters. The highest BCUT2D eigenvalue weighted by molar-refractivity contribution is 7.20. The van der Waals surface area contributed by atoms with E-state index in [0.29, 0.717) is 54.3 Å². The van der Waals surface area contributed by atoms with Crippen molar-refractivity contribution in [3.8, 4) is 11.5 Å². The summed E-state index contributed by atoms with van der Waals surface area (Å²) in [7, 11) is 0. The number of halogens is 2. The monoisotopic (exact) mass is 1000 g/mol. The third-order valence-corrected chi connectivity index (χ3v) is 12.6. The first-order valence-electron chi connectivity index (χ1n) is 21.0. The van der Waals surface area contributed by atoms with Crippen LogP contribution in [0, 0.1) is 0 Å². The number of carbonyl (C=O) groups excluding carboxylic acids is 6. The van der Waals surface area contributed by atoms with Crippen molar-refractivity contribution in [2.24, 2.45) is 0 Å². The molecule has 0 saturated carbocycles. The molecule has 0 spiro atoms. The van der Waals surface area contributed by atoms with Crippen LogP contribution in [-0.2, 0) is 20.8 Å². The Morgan fingerprint density at radius 3 is 1.32 bits per heavy atom. The zero-order valence-electron chi connectivity index (χ0n) is 37.3. The molecular weight excluding hydrogens is 960 g/mol. The first-order chi connectivity index (χ1) is 32.9. The fourth-order valence-electron chi connectivity index (χ4n) is 6.31. The minimum atomic E-state index is -1.30. The number of benzene rings is 6. The number of thiazole rings is 2. The maximum atomic E-state index is 12.6. The van der Waals surface area contributed by atoms with Crippen molar-refractivity contribution in [3.05, 3.63) is 188 Å². The standard InChI is InChI=1S/C26H22ClN3O4S.C25H20ClN3O4S/c1-26(2,25(33)30-29-22(31)15-23-28-20-5-3-4-6-21(20)35-23)34-19-13-9-17(10-14-19)24(32)16-7-11-18(27)12-8-16;1-25(2,24(32)29-28-22(31)23-27-19-5-3-4-6-20(19)34-23)33-18-13-9-16(10-14-18)21(30)15-7-11-17(26)12-8-15/h3-14H,15H2,1-2H3,(H,29,31)(H,30,33);3-14H,1-2H3,(H,28,31)(H,29,32). The van der Waals surface area contributed by atoms with Gasteiger partial charge in [-0.25, -0.2) is 9.97 Å². The number of hydrogen-bond acceptors (Lipinski definition) is 12. The number of nitrogens with one attached hydrogen (secondary N) is 4. The van der Waals surface area contributed by atoms with Crippen molar-refractivity contribution in [1.29, 1.82) is 0 Å². The van der Waals surface area contributed by atoms with E-state index in [-0.39, 0.29) is 23.0 Å². The van der Waals surface area contributed by atoms with Crippen LogP contribution in [0.1, 0.15) is 74.3 Å². The minimum Gasteiger partial charge on any atom is -0.478 e. The summed E-state index contributed by atoms with van der Waals surface area (Å²) in [5.41, 5.74) is 10.5. The molecule has 2 aromatic heterocycles. The normalized spacial score (nSPS) is 11.2. The van der Waals surface area contributed by atoms with E-state index in [1.807, 2.05) is 48.5 Å². The SMILES string of the molecule is CC(C)(Oc1ccc(C(=O)c2ccc(Cl)cc2)cc1)C(=O)NNC(=O)Cc1nc2ccccc2s1.CC(C)(Oc1ccc(C(=O)c2ccc(Cl)cc2)cc1)C(=O)NNC(=O)c1nc2ccccc2s1. The first kappa shape index (κ1) is 49.4. The Hall–Kier alpha value is -7.50. The lowest BCUT2D eigenvalue weighted by atomic mass is 10.0. The molecule has 4 amide bonds. The average molecular weight is 1000 g/mol. The lowest BCUT2D eigenvalue weighted by molar-refractivity contribution is -0.138. The molecule has 0 radical (unpaired) electrons. The van der Waals surface area contributed by atoms with Crippen LogP contribution < -0.4 is 31.2 Å². The fourth-order valence-corrected chi connectivity index (χ4v) is 8.39. The first-order valence-corrected chi connectivity index (χ1v) is 23.4. The molecule has 18 heteroatoms. The topological polar surface area (TPSA) is 195 Å². The third-order valence-electron chi connectivity index (χ3n) is 10.0. The van der Waals surface area contributed by atoms with Gasteiger partial charge in [-0.2, -0.15) is 0 Å². The largest absolute Gasteiger partial charge is 0.478 e. The molecule has 0 aliphatic heterocycles. The summed E-state index contributed by atoms with van der Waals surface area (Å²) in [6.45, 7) is 6.29. The average Bonchev–Trinajstić information content (AvgIpc) is 3.97. The number of carbonyl (C=O) groups is 6. The molecule has 8 aromatic rings. The van der Waals surface area contributed by atoms with Crippen molar-refractivity contribution in [3.63, 3.8) is 0 Å². The second-order valence-electron chi connectivity index (χ2n) is 16.1. The summed E-state index contributed by atoms with van der Waals surface area (Å²) in [5, 5.41) is 2.00. The molecule has 0 aliphatic carbocycles. The maximum Gasteiger partial charge on any atom is 0.298 e. The van der Waals surface area contributed by atoms with Crippen LogP contribution in [0.5, 0.6) is 11.5 Å². The van der Waals surface area contributed by atoms with Crippen LogP contribution in [-0.4, -0.2) is 56.4 Å². The number of ketones is 2. The summed E-state index contributed by atoms with van der Waals surface area (Å²) in [6, 6.07) is 41.2. The van der Waals surface area contributed by atoms with Gasteiger partial charge in [-0.15, -0.1) is 22.7 Å². The van der Waals surface area contributed by atoms with Crippen LogP contribution >= 0.6 is 45.9 Å². The van der Waals surface area contributed by atoms with Crippen molar-refractivity contribution < 1.29 is 38.2 Å². The molecule has 0 fully saturated rings. The summed E-state index contributed by atoms with van der Waals surface area (Å²) >= 11 is 14.4. The second kappa shape index (κ2) is 21.6. The van der Waals surface area contributed by atoms with E-state index in [2.05, 4.69) is 31.7 Å². The number of ether oxygens (including phenoxy) is 2. The lowest BCUT2D eigenvalue weighted by Crippen LogP contribution is -2.53. The zero-order chi connectivity index (χ0) is 49.3. The van der Waals surface area contributed by atoms with Gasteiger partial charge in [-0.3, -0.25) is 50.5 Å². The van der Waals surface area contributed by atoms with Gasteiger partial charge < -0.3 is 9.47 Å². The highest BCUT2D eigenvalue weighted by atomic mass is 35.5. The highest BCUT2D eigenvalue weighted by Crippen LogP contribution is 2.25. The van der Waals surface area contributed by atoms with Crippen molar-refractivity contribution in [1.82, 2.24) is 31.7 Å². The van der Waals surface area contributed by atoms with Crippen molar-refractivity contribution in [2.75, 3.05) is 0 Å². The fraction of sp³-hybridized carbons (Fsp3) is 0.137. The van der Waals surface area contributed by atoms with Crippen molar-refractivity contribution >= 4 is 102 Å². The molecule has 8 rings (SSSR count). The van der Waals surface area contributed by atoms with E-state index in [9.17, 15) is 28.8 Å². The Labute approximate surface area is 413 Å². The number of rotatable bonds is 13. The molecule has 6 aromatic carbocycles. The van der Waals surface area contributed by atoms with E-state index >= 15 is 0 Å². The molecule has 0 atom stereocenters. The molecule has 350 valence electrons. The van der Waals surface area contributed by atoms with Crippen LogP contribution in [0.15, 0.2) is 146 Å². The Kier molecular flexibility index (Phi) is 15.5. The van der Waals surface area contributed by atoms with E-state index in [1.54, 1.807) is 125 Å². The number of hydrazine groups is 2. The lowest BCUT2D eigenvalue weighted by Gasteiger charge is -2.25. The molecule has 14 nitrogen and oxygen atoms in total. The summed E-state index contributed by atoms with van der Waals surface area (Å²) < 4.78 is 13.5. The third kappa shape index (κ3) is 12.9. The summed E-state index contributed by atoms with van der Waals surface area (Å²) in [5.74, 6) is -1.50. The van der Waals surface area contributed by atoms with Gasteiger partial charge in [0.15, 0.2) is 27.8 Å². The number of fused-ring (bicyclic) bond motifs is 2. The van der Waals surface area contributed by atoms with Gasteiger partial charge in [0.25, 0.3) is 17.7 Å². The van der Waals surface area contributed by atoms with Crippen LogP contribution in [0.25, 0.3) is 20.4 Å². The van der Waals surface area contributed by atoms with Gasteiger partial charge in [0.2, 0.25) is 5.91 Å². The summed E-state index contributed by atoms with van der Waals surface area (Å²) in [4.78, 5) is 83.8. The second-order valence-corrected chi connectivity index (χ2v) is 19.1. The number of amides is 4. The zero-order valence-corrected chi connectivity index (χ0v) is 40.4.